The lowest BCUT2D eigenvalue weighted by molar-refractivity contribution is 0.0696. The Morgan fingerprint density at radius 1 is 0.966 bits per heavy atom. The Morgan fingerprint density at radius 2 is 1.79 bits per heavy atom. The minimum absolute atomic E-state index is 0.131. The summed E-state index contributed by atoms with van der Waals surface area (Å²) in [6, 6.07) is 19.2. The maximum Gasteiger partial charge on any atom is 0.335 e. The number of Topliss-reactive ketones (excluding diaryl/α,β-unsaturated/α-hetero) is 1. The third-order valence-corrected chi connectivity index (χ3v) is 6.47. The van der Waals surface area contributed by atoms with Gasteiger partial charge in [-0.1, -0.05) is 24.3 Å². The molecule has 0 radical (unpaired) electrons. The van der Waals surface area contributed by atoms with E-state index in [9.17, 15) is 19.8 Å². The van der Waals surface area contributed by atoms with Crippen molar-refractivity contribution in [1.82, 2.24) is 0 Å². The molecule has 1 unspecified atom stereocenters. The first-order valence-electron chi connectivity index (χ1n) is 9.01. The van der Waals surface area contributed by atoms with Crippen LogP contribution in [0.5, 0.6) is 5.75 Å². The summed E-state index contributed by atoms with van der Waals surface area (Å²) in [5.41, 5.74) is 4.05. The predicted octanol–water partition coefficient (Wildman–Crippen LogP) is 4.96. The van der Waals surface area contributed by atoms with Gasteiger partial charge in [0.05, 0.1) is 22.2 Å². The number of hydrogen-bond donors (Lipinski definition) is 3. The molecule has 3 N–H and O–H groups in total. The van der Waals surface area contributed by atoms with E-state index in [1.807, 2.05) is 30.3 Å². The number of phenolic OH excluding ortho intramolecular Hbond substituents is 1. The first-order chi connectivity index (χ1) is 14.0. The van der Waals surface area contributed by atoms with E-state index in [2.05, 4.69) is 5.32 Å². The Hall–Kier alpha value is -3.51. The van der Waals surface area contributed by atoms with Crippen molar-refractivity contribution < 1.29 is 19.8 Å². The van der Waals surface area contributed by atoms with E-state index in [0.717, 1.165) is 16.1 Å². The second-order valence-corrected chi connectivity index (χ2v) is 8.04. The number of para-hydroxylation sites is 1. The third kappa shape index (κ3) is 2.80. The number of thioether (sulfide) groups is 1. The molecule has 2 aliphatic rings. The van der Waals surface area contributed by atoms with Crippen LogP contribution < -0.4 is 5.32 Å². The number of carboxylic acid groups (broad SMARTS) is 1. The molecule has 0 aromatic heterocycles. The average molecular weight is 401 g/mol. The molecule has 29 heavy (non-hydrogen) atoms. The van der Waals surface area contributed by atoms with Crippen LogP contribution in [0.25, 0.3) is 5.70 Å². The maximum atomic E-state index is 13.4. The Labute approximate surface area is 170 Å². The number of ketones is 1. The molecule has 1 aliphatic heterocycles. The van der Waals surface area contributed by atoms with Gasteiger partial charge in [0.15, 0.2) is 5.78 Å². The van der Waals surface area contributed by atoms with Crippen LogP contribution >= 0.6 is 11.8 Å². The number of carbonyl (C=O) groups is 2. The molecule has 1 heterocycles. The summed E-state index contributed by atoms with van der Waals surface area (Å²) in [5, 5.41) is 22.4. The number of aromatic carboxylic acids is 1. The lowest BCUT2D eigenvalue weighted by atomic mass is 10.0. The van der Waals surface area contributed by atoms with Crippen molar-refractivity contribution in [3.63, 3.8) is 0 Å². The fourth-order valence-corrected chi connectivity index (χ4v) is 5.07. The van der Waals surface area contributed by atoms with Gasteiger partial charge in [-0.25, -0.2) is 4.79 Å². The second-order valence-electron chi connectivity index (χ2n) is 6.90. The number of phenols is 1. The number of anilines is 1. The van der Waals surface area contributed by atoms with Crippen LogP contribution in [-0.4, -0.2) is 22.0 Å². The molecule has 0 saturated carbocycles. The van der Waals surface area contributed by atoms with Crippen LogP contribution in [0.2, 0.25) is 0 Å². The zero-order valence-electron chi connectivity index (χ0n) is 15.0. The molecule has 0 bridgehead atoms. The molecular weight excluding hydrogens is 386 g/mol. The van der Waals surface area contributed by atoms with Crippen molar-refractivity contribution in [2.75, 3.05) is 5.32 Å². The number of carboxylic acids is 1. The molecule has 0 fully saturated rings. The first kappa shape index (κ1) is 17.6. The molecule has 1 aliphatic carbocycles. The molecule has 5 rings (SSSR count). The highest BCUT2D eigenvalue weighted by Crippen LogP contribution is 2.52. The van der Waals surface area contributed by atoms with Gasteiger partial charge in [-0.3, -0.25) is 4.79 Å². The molecule has 5 nitrogen and oxygen atoms in total. The molecule has 3 aromatic rings. The Kier molecular flexibility index (Phi) is 3.96. The number of benzene rings is 3. The molecular formula is C23H15NO4S. The monoisotopic (exact) mass is 401 g/mol. The van der Waals surface area contributed by atoms with E-state index in [-0.39, 0.29) is 22.3 Å². The molecule has 142 valence electrons. The summed E-state index contributed by atoms with van der Waals surface area (Å²) >= 11 is 1.53. The van der Waals surface area contributed by atoms with Gasteiger partial charge in [0, 0.05) is 21.6 Å². The highest BCUT2D eigenvalue weighted by atomic mass is 32.2. The summed E-state index contributed by atoms with van der Waals surface area (Å²) in [6.45, 7) is 0. The zero-order valence-corrected chi connectivity index (χ0v) is 15.9. The fourth-order valence-electron chi connectivity index (χ4n) is 3.79. The quantitative estimate of drug-likeness (QED) is 0.563. The molecule has 6 heteroatoms. The highest BCUT2D eigenvalue weighted by Gasteiger charge is 2.38. The van der Waals surface area contributed by atoms with Crippen molar-refractivity contribution in [2.24, 2.45) is 0 Å². The van der Waals surface area contributed by atoms with Gasteiger partial charge in [0.2, 0.25) is 0 Å². The van der Waals surface area contributed by atoms with E-state index in [4.69, 9.17) is 0 Å². The summed E-state index contributed by atoms with van der Waals surface area (Å²) in [5.74, 6) is -1.04. The van der Waals surface area contributed by atoms with Crippen LogP contribution in [0.4, 0.5) is 5.69 Å². The summed E-state index contributed by atoms with van der Waals surface area (Å²) in [4.78, 5) is 25.8. The van der Waals surface area contributed by atoms with Crippen LogP contribution in [0.15, 0.2) is 77.2 Å². The van der Waals surface area contributed by atoms with E-state index in [1.54, 1.807) is 30.3 Å². The normalized spacial score (nSPS) is 17.1. The smallest absolute Gasteiger partial charge is 0.335 e. The van der Waals surface area contributed by atoms with Crippen molar-refractivity contribution in [3.8, 4) is 5.75 Å². The Bertz CT molecular complexity index is 1230. The van der Waals surface area contributed by atoms with Crippen molar-refractivity contribution in [1.29, 1.82) is 0 Å². The number of fused-ring (bicyclic) bond motifs is 3. The third-order valence-electron chi connectivity index (χ3n) is 5.12. The van der Waals surface area contributed by atoms with Crippen molar-refractivity contribution in [2.45, 2.75) is 10.1 Å². The largest absolute Gasteiger partial charge is 0.508 e. The van der Waals surface area contributed by atoms with Gasteiger partial charge in [0.1, 0.15) is 5.75 Å². The number of hydrogen-bond acceptors (Lipinski definition) is 5. The molecule has 0 amide bonds. The van der Waals surface area contributed by atoms with Crippen LogP contribution in [0, 0.1) is 0 Å². The van der Waals surface area contributed by atoms with E-state index in [0.29, 0.717) is 22.4 Å². The number of rotatable bonds is 2. The Balaban J connectivity index is 1.76. The Morgan fingerprint density at radius 3 is 2.59 bits per heavy atom. The summed E-state index contributed by atoms with van der Waals surface area (Å²) in [7, 11) is 0. The van der Waals surface area contributed by atoms with E-state index >= 15 is 0 Å². The highest BCUT2D eigenvalue weighted by molar-refractivity contribution is 8.00. The minimum atomic E-state index is -1.04. The lowest BCUT2D eigenvalue weighted by Gasteiger charge is -2.17. The van der Waals surface area contributed by atoms with Crippen LogP contribution in [0.3, 0.4) is 0 Å². The first-order valence-corrected chi connectivity index (χ1v) is 9.89. The van der Waals surface area contributed by atoms with Crippen molar-refractivity contribution >= 4 is 34.9 Å². The van der Waals surface area contributed by atoms with Gasteiger partial charge in [-0.05, 0) is 48.0 Å². The second kappa shape index (κ2) is 6.53. The van der Waals surface area contributed by atoms with Crippen LogP contribution in [-0.2, 0) is 0 Å². The van der Waals surface area contributed by atoms with Gasteiger partial charge in [0.25, 0.3) is 0 Å². The van der Waals surface area contributed by atoms with Gasteiger partial charge < -0.3 is 15.5 Å². The lowest BCUT2D eigenvalue weighted by Crippen LogP contribution is -2.07. The van der Waals surface area contributed by atoms with Crippen molar-refractivity contribution in [3.05, 3.63) is 94.6 Å². The number of carbonyl (C=O) groups excluding carboxylic acids is 1. The average Bonchev–Trinajstić information content (AvgIpc) is 2.88. The SMILES string of the molecule is O=C(O)c1ccc2c(c1)C1=C(C2=O)C(c2cccc(O)c2)Sc2ccccc2N1. The van der Waals surface area contributed by atoms with Gasteiger partial charge in [-0.2, -0.15) is 0 Å². The van der Waals surface area contributed by atoms with Gasteiger partial charge in [-0.15, -0.1) is 11.8 Å². The standard InChI is InChI=1S/C23H15NO4S/c25-14-5-3-4-12(10-14)22-19-20(24-17-6-1-2-7-18(17)29-22)16-11-13(23(27)28)8-9-15(16)21(19)26/h1-11,22,24-25H,(H,27,28). The molecule has 0 saturated heterocycles. The molecule has 0 spiro atoms. The zero-order chi connectivity index (χ0) is 20.1. The molecule has 1 atom stereocenters. The minimum Gasteiger partial charge on any atom is -0.508 e. The number of nitrogens with one attached hydrogen (secondary N) is 1. The molecule has 3 aromatic carbocycles. The maximum absolute atomic E-state index is 13.4. The fraction of sp³-hybridized carbons (Fsp3) is 0.0435. The predicted molar refractivity (Wildman–Crippen MR) is 111 cm³/mol. The van der Waals surface area contributed by atoms with E-state index in [1.165, 1.54) is 17.8 Å². The van der Waals surface area contributed by atoms with E-state index < -0.39 is 5.97 Å². The van der Waals surface area contributed by atoms with Gasteiger partial charge >= 0.3 is 5.97 Å². The van der Waals surface area contributed by atoms with Crippen LogP contribution in [0.1, 0.15) is 37.1 Å². The summed E-state index contributed by atoms with van der Waals surface area (Å²) in [6.07, 6.45) is 0. The summed E-state index contributed by atoms with van der Waals surface area (Å²) < 4.78 is 0. The topological polar surface area (TPSA) is 86.6 Å². The number of aromatic hydroxyl groups is 1.